The summed E-state index contributed by atoms with van der Waals surface area (Å²) < 4.78 is 0. The van der Waals surface area contributed by atoms with Gasteiger partial charge in [-0.15, -0.1) is 22.7 Å². The van der Waals surface area contributed by atoms with Crippen LogP contribution in [0.15, 0.2) is 29.0 Å². The fourth-order valence-electron chi connectivity index (χ4n) is 1.60. The minimum absolute atomic E-state index is 0.0486. The van der Waals surface area contributed by atoms with E-state index in [0.29, 0.717) is 13.1 Å². The molecule has 18 heavy (non-hydrogen) atoms. The molecule has 0 aliphatic heterocycles. The van der Waals surface area contributed by atoms with Gasteiger partial charge in [0.1, 0.15) is 0 Å². The molecule has 0 unspecified atom stereocenters. The van der Waals surface area contributed by atoms with Crippen LogP contribution in [0, 0.1) is 0 Å². The molecule has 0 saturated heterocycles. The molecule has 0 aliphatic carbocycles. The topological polar surface area (TPSA) is 41.1 Å². The van der Waals surface area contributed by atoms with Crippen molar-refractivity contribution in [2.24, 2.45) is 0 Å². The van der Waals surface area contributed by atoms with Crippen LogP contribution in [0.25, 0.3) is 10.4 Å². The van der Waals surface area contributed by atoms with E-state index in [2.05, 4.69) is 39.6 Å². The van der Waals surface area contributed by atoms with Gasteiger partial charge in [0.15, 0.2) is 0 Å². The molecule has 1 amide bonds. The van der Waals surface area contributed by atoms with Gasteiger partial charge in [-0.25, -0.2) is 0 Å². The summed E-state index contributed by atoms with van der Waals surface area (Å²) >= 11 is 3.47. The molecule has 2 rings (SSSR count). The number of carbonyl (C=O) groups is 1. The summed E-state index contributed by atoms with van der Waals surface area (Å²) in [4.78, 5) is 13.8. The smallest absolute Gasteiger partial charge is 0.233 e. The molecule has 2 aromatic rings. The number of hydrogen-bond donors (Lipinski definition) is 2. The van der Waals surface area contributed by atoms with Crippen molar-refractivity contribution in [1.82, 2.24) is 10.6 Å². The predicted molar refractivity (Wildman–Crippen MR) is 78.0 cm³/mol. The molecule has 0 aliphatic rings. The van der Waals surface area contributed by atoms with E-state index in [1.165, 1.54) is 15.3 Å². The number of nitrogens with one attached hydrogen (secondary N) is 2. The maximum absolute atomic E-state index is 11.3. The van der Waals surface area contributed by atoms with E-state index < -0.39 is 0 Å². The van der Waals surface area contributed by atoms with Crippen molar-refractivity contribution in [3.05, 3.63) is 33.8 Å². The largest absolute Gasteiger partial charge is 0.355 e. The lowest BCUT2D eigenvalue weighted by atomic mass is 10.2. The van der Waals surface area contributed by atoms with Gasteiger partial charge in [0, 0.05) is 28.4 Å². The van der Waals surface area contributed by atoms with Crippen LogP contribution in [-0.4, -0.2) is 19.0 Å². The summed E-state index contributed by atoms with van der Waals surface area (Å²) in [6.45, 7) is 3.72. The van der Waals surface area contributed by atoms with Crippen molar-refractivity contribution in [2.75, 3.05) is 13.1 Å². The van der Waals surface area contributed by atoms with Gasteiger partial charge < -0.3 is 10.6 Å². The van der Waals surface area contributed by atoms with Crippen molar-refractivity contribution in [3.8, 4) is 10.4 Å². The Morgan fingerprint density at radius 3 is 3.00 bits per heavy atom. The van der Waals surface area contributed by atoms with Crippen molar-refractivity contribution in [2.45, 2.75) is 13.5 Å². The zero-order chi connectivity index (χ0) is 12.8. The third-order valence-electron chi connectivity index (χ3n) is 2.42. The standard InChI is InChI=1S/C13H16N2OS2/c1-2-15-13(16)8-14-7-11-6-10(9-18-11)12-4-3-5-17-12/h3-6,9,14H,2,7-8H2,1H3,(H,15,16). The molecule has 96 valence electrons. The number of amides is 1. The van der Waals surface area contributed by atoms with Crippen molar-refractivity contribution in [3.63, 3.8) is 0 Å². The van der Waals surface area contributed by atoms with Gasteiger partial charge in [-0.05, 0) is 29.8 Å². The Kier molecular flexibility index (Phi) is 4.92. The highest BCUT2D eigenvalue weighted by Gasteiger charge is 2.04. The Morgan fingerprint density at radius 2 is 2.28 bits per heavy atom. The SMILES string of the molecule is CCNC(=O)CNCc1cc(-c2cccs2)cs1. The molecule has 0 bridgehead atoms. The maximum atomic E-state index is 11.3. The van der Waals surface area contributed by atoms with Gasteiger partial charge >= 0.3 is 0 Å². The molecule has 0 fully saturated rings. The highest BCUT2D eigenvalue weighted by molar-refractivity contribution is 7.14. The van der Waals surface area contributed by atoms with Crippen LogP contribution in [0.4, 0.5) is 0 Å². The van der Waals surface area contributed by atoms with Crippen LogP contribution in [-0.2, 0) is 11.3 Å². The normalized spacial score (nSPS) is 10.5. The number of thiophene rings is 2. The van der Waals surface area contributed by atoms with E-state index in [0.717, 1.165) is 6.54 Å². The summed E-state index contributed by atoms with van der Waals surface area (Å²) in [5, 5.41) is 10.2. The minimum Gasteiger partial charge on any atom is -0.355 e. The zero-order valence-electron chi connectivity index (χ0n) is 10.2. The van der Waals surface area contributed by atoms with Crippen LogP contribution in [0.3, 0.4) is 0 Å². The highest BCUT2D eigenvalue weighted by Crippen LogP contribution is 2.28. The molecule has 0 spiro atoms. The van der Waals surface area contributed by atoms with E-state index in [4.69, 9.17) is 0 Å². The van der Waals surface area contributed by atoms with Crippen LogP contribution in [0.5, 0.6) is 0 Å². The molecule has 0 saturated carbocycles. The van der Waals surface area contributed by atoms with Gasteiger partial charge in [0.25, 0.3) is 0 Å². The second-order valence-electron chi connectivity index (χ2n) is 3.84. The monoisotopic (exact) mass is 280 g/mol. The van der Waals surface area contributed by atoms with Crippen LogP contribution in [0.2, 0.25) is 0 Å². The van der Waals surface area contributed by atoms with E-state index in [9.17, 15) is 4.79 Å². The lowest BCUT2D eigenvalue weighted by molar-refractivity contribution is -0.120. The molecular formula is C13H16N2OS2. The number of likely N-dealkylation sites (N-methyl/N-ethyl adjacent to an activating group) is 1. The quantitative estimate of drug-likeness (QED) is 0.854. The second kappa shape index (κ2) is 6.68. The Balaban J connectivity index is 1.82. The van der Waals surface area contributed by atoms with Crippen molar-refractivity contribution in [1.29, 1.82) is 0 Å². The molecule has 5 heteroatoms. The average Bonchev–Trinajstić information content (AvgIpc) is 2.99. The van der Waals surface area contributed by atoms with Crippen molar-refractivity contribution < 1.29 is 4.79 Å². The first-order valence-corrected chi connectivity index (χ1v) is 7.64. The Bertz CT molecular complexity index is 491. The first kappa shape index (κ1) is 13.3. The molecular weight excluding hydrogens is 264 g/mol. The number of carbonyl (C=O) groups excluding carboxylic acids is 1. The van der Waals surface area contributed by atoms with Crippen molar-refractivity contribution >= 4 is 28.6 Å². The maximum Gasteiger partial charge on any atom is 0.233 e. The minimum atomic E-state index is 0.0486. The first-order valence-electron chi connectivity index (χ1n) is 5.88. The third-order valence-corrected chi connectivity index (χ3v) is 4.27. The van der Waals surface area contributed by atoms with Crippen LogP contribution >= 0.6 is 22.7 Å². The van der Waals surface area contributed by atoms with Gasteiger partial charge in [-0.2, -0.15) is 0 Å². The third kappa shape index (κ3) is 3.66. The van der Waals surface area contributed by atoms with E-state index in [-0.39, 0.29) is 5.91 Å². The summed E-state index contributed by atoms with van der Waals surface area (Å²) in [5.41, 5.74) is 1.27. The summed E-state index contributed by atoms with van der Waals surface area (Å²) in [6, 6.07) is 6.37. The molecule has 0 aromatic carbocycles. The first-order chi connectivity index (χ1) is 8.79. The van der Waals surface area contributed by atoms with Gasteiger partial charge in [-0.1, -0.05) is 6.07 Å². The number of hydrogen-bond acceptors (Lipinski definition) is 4. The Morgan fingerprint density at radius 1 is 1.39 bits per heavy atom. The molecule has 3 nitrogen and oxygen atoms in total. The van der Waals surface area contributed by atoms with Gasteiger partial charge in [0.2, 0.25) is 5.91 Å². The van der Waals surface area contributed by atoms with Crippen LogP contribution < -0.4 is 10.6 Å². The number of rotatable bonds is 6. The fourth-order valence-corrected chi connectivity index (χ4v) is 3.25. The second-order valence-corrected chi connectivity index (χ2v) is 5.78. The molecule has 2 aromatic heterocycles. The fraction of sp³-hybridized carbons (Fsp3) is 0.308. The highest BCUT2D eigenvalue weighted by atomic mass is 32.1. The predicted octanol–water partition coefficient (Wildman–Crippen LogP) is 2.70. The van der Waals surface area contributed by atoms with Crippen LogP contribution in [0.1, 0.15) is 11.8 Å². The summed E-state index contributed by atoms with van der Waals surface area (Å²) in [6.07, 6.45) is 0. The zero-order valence-corrected chi connectivity index (χ0v) is 11.9. The average molecular weight is 280 g/mol. The van der Waals surface area contributed by atoms with E-state index >= 15 is 0 Å². The lowest BCUT2D eigenvalue weighted by Gasteiger charge is -2.02. The Hall–Kier alpha value is -1.17. The molecule has 2 N–H and O–H groups in total. The molecule has 0 atom stereocenters. The molecule has 2 heterocycles. The van der Waals surface area contributed by atoms with Gasteiger partial charge in [-0.3, -0.25) is 4.79 Å². The summed E-state index contributed by atoms with van der Waals surface area (Å²) in [7, 11) is 0. The van der Waals surface area contributed by atoms with E-state index in [1.54, 1.807) is 22.7 Å². The van der Waals surface area contributed by atoms with E-state index in [1.807, 2.05) is 6.92 Å². The van der Waals surface area contributed by atoms with Gasteiger partial charge in [0.05, 0.1) is 6.54 Å². The molecule has 0 radical (unpaired) electrons. The lowest BCUT2D eigenvalue weighted by Crippen LogP contribution is -2.33. The summed E-state index contributed by atoms with van der Waals surface area (Å²) in [5.74, 6) is 0.0486. The Labute approximate surface area is 115 Å².